The fraction of sp³-hybridized carbons (Fsp3) is 0.182. The number of imidazole rings is 1. The van der Waals surface area contributed by atoms with Crippen LogP contribution in [0.2, 0.25) is 5.02 Å². The maximum absolute atomic E-state index is 10.7. The molecule has 0 aliphatic rings. The lowest BCUT2D eigenvalue weighted by Crippen LogP contribution is -2.11. The van der Waals surface area contributed by atoms with Crippen molar-refractivity contribution in [2.45, 2.75) is 6.54 Å². The number of anilines is 1. The number of carboxylic acid groups (broad SMARTS) is 1. The average molecular weight is 267 g/mol. The highest BCUT2D eigenvalue weighted by molar-refractivity contribution is 6.33. The third-order valence-electron chi connectivity index (χ3n) is 2.31. The summed E-state index contributed by atoms with van der Waals surface area (Å²) in [6, 6.07) is 1.37. The number of nitrogens with one attached hydrogen (secondary N) is 1. The third-order valence-corrected chi connectivity index (χ3v) is 2.60. The zero-order valence-electron chi connectivity index (χ0n) is 9.38. The summed E-state index contributed by atoms with van der Waals surface area (Å²) in [6.45, 7) is 1.34. The van der Waals surface area contributed by atoms with Crippen molar-refractivity contribution in [1.29, 1.82) is 0 Å². The molecule has 2 aromatic rings. The van der Waals surface area contributed by atoms with Crippen molar-refractivity contribution in [1.82, 2.24) is 14.5 Å². The van der Waals surface area contributed by atoms with Gasteiger partial charge in [0.1, 0.15) is 5.82 Å². The van der Waals surface area contributed by atoms with Crippen molar-refractivity contribution in [2.75, 3.05) is 11.9 Å². The number of pyridine rings is 1. The molecule has 0 bridgehead atoms. The van der Waals surface area contributed by atoms with Crippen molar-refractivity contribution in [3.8, 4) is 0 Å². The molecule has 18 heavy (non-hydrogen) atoms. The van der Waals surface area contributed by atoms with Crippen LogP contribution in [-0.4, -0.2) is 32.2 Å². The number of carboxylic acids is 1. The molecule has 2 heterocycles. The van der Waals surface area contributed by atoms with E-state index < -0.39 is 5.97 Å². The zero-order valence-corrected chi connectivity index (χ0v) is 10.1. The monoisotopic (exact) mass is 266 g/mol. The van der Waals surface area contributed by atoms with Gasteiger partial charge in [0.25, 0.3) is 0 Å². The van der Waals surface area contributed by atoms with Gasteiger partial charge in [-0.15, -0.1) is 0 Å². The molecule has 0 aliphatic heterocycles. The molecular formula is C11H11ClN4O2. The van der Waals surface area contributed by atoms with E-state index in [4.69, 9.17) is 16.7 Å². The lowest BCUT2D eigenvalue weighted by atomic mass is 10.3. The number of hydrogen-bond acceptors (Lipinski definition) is 4. The summed E-state index contributed by atoms with van der Waals surface area (Å²) >= 11 is 5.93. The van der Waals surface area contributed by atoms with Crippen LogP contribution in [0.15, 0.2) is 31.0 Å². The molecule has 0 aliphatic carbocycles. The van der Waals surface area contributed by atoms with Gasteiger partial charge in [0.2, 0.25) is 0 Å². The number of nitrogens with zero attached hydrogens (tertiary/aromatic N) is 3. The molecule has 0 fully saturated rings. The zero-order chi connectivity index (χ0) is 13.0. The predicted molar refractivity (Wildman–Crippen MR) is 66.9 cm³/mol. The Hall–Kier alpha value is -2.08. The molecule has 0 spiro atoms. The van der Waals surface area contributed by atoms with Crippen molar-refractivity contribution in [3.63, 3.8) is 0 Å². The first-order valence-corrected chi connectivity index (χ1v) is 5.63. The SMILES string of the molecule is O=C(O)c1cnc(NCCn2ccnc2)c(Cl)c1. The second-order valence-corrected chi connectivity index (χ2v) is 3.99. The maximum atomic E-state index is 10.7. The molecule has 0 saturated heterocycles. The van der Waals surface area contributed by atoms with Gasteiger partial charge < -0.3 is 15.0 Å². The van der Waals surface area contributed by atoms with E-state index in [-0.39, 0.29) is 5.56 Å². The highest BCUT2D eigenvalue weighted by Gasteiger charge is 2.07. The lowest BCUT2D eigenvalue weighted by molar-refractivity contribution is 0.0696. The van der Waals surface area contributed by atoms with Crippen LogP contribution in [0.5, 0.6) is 0 Å². The van der Waals surface area contributed by atoms with E-state index in [1.807, 2.05) is 10.8 Å². The average Bonchev–Trinajstić information content (AvgIpc) is 2.84. The second kappa shape index (κ2) is 5.50. The fourth-order valence-electron chi connectivity index (χ4n) is 1.41. The smallest absolute Gasteiger partial charge is 0.337 e. The van der Waals surface area contributed by atoms with E-state index in [9.17, 15) is 4.79 Å². The number of aromatic nitrogens is 3. The molecule has 2 rings (SSSR count). The van der Waals surface area contributed by atoms with Crippen LogP contribution in [0.25, 0.3) is 0 Å². The molecule has 0 radical (unpaired) electrons. The molecule has 0 unspecified atom stereocenters. The van der Waals surface area contributed by atoms with Crippen LogP contribution < -0.4 is 5.32 Å². The number of carbonyl (C=O) groups is 1. The molecule has 94 valence electrons. The fourth-order valence-corrected chi connectivity index (χ4v) is 1.64. The van der Waals surface area contributed by atoms with Crippen molar-refractivity contribution in [3.05, 3.63) is 41.6 Å². The Kier molecular flexibility index (Phi) is 3.78. The molecule has 2 N–H and O–H groups in total. The number of halogens is 1. The van der Waals surface area contributed by atoms with Crippen molar-refractivity contribution < 1.29 is 9.90 Å². The van der Waals surface area contributed by atoms with E-state index in [0.29, 0.717) is 17.4 Å². The summed E-state index contributed by atoms with van der Waals surface area (Å²) in [5.74, 6) is -0.573. The number of rotatable bonds is 5. The minimum Gasteiger partial charge on any atom is -0.478 e. The van der Waals surface area contributed by atoms with Crippen molar-refractivity contribution >= 4 is 23.4 Å². The summed E-state index contributed by atoms with van der Waals surface area (Å²) < 4.78 is 1.91. The maximum Gasteiger partial charge on any atom is 0.337 e. The summed E-state index contributed by atoms with van der Waals surface area (Å²) in [7, 11) is 0. The Labute approximate surface area is 108 Å². The highest BCUT2D eigenvalue weighted by Crippen LogP contribution is 2.19. The van der Waals surface area contributed by atoms with Gasteiger partial charge in [-0.2, -0.15) is 0 Å². The summed E-state index contributed by atoms with van der Waals surface area (Å²) in [6.07, 6.45) is 6.54. The van der Waals surface area contributed by atoms with Gasteiger partial charge in [-0.1, -0.05) is 11.6 Å². The normalized spacial score (nSPS) is 10.3. The van der Waals surface area contributed by atoms with Gasteiger partial charge in [-0.05, 0) is 6.07 Å². The van der Waals surface area contributed by atoms with E-state index in [1.54, 1.807) is 12.5 Å². The quantitative estimate of drug-likeness (QED) is 0.862. The van der Waals surface area contributed by atoms with Gasteiger partial charge in [0, 0.05) is 31.7 Å². The third kappa shape index (κ3) is 2.98. The lowest BCUT2D eigenvalue weighted by Gasteiger charge is -2.08. The van der Waals surface area contributed by atoms with Gasteiger partial charge in [0.15, 0.2) is 0 Å². The topological polar surface area (TPSA) is 80.0 Å². The number of aromatic carboxylic acids is 1. The Morgan fingerprint density at radius 3 is 3.00 bits per heavy atom. The van der Waals surface area contributed by atoms with E-state index in [0.717, 1.165) is 6.54 Å². The van der Waals surface area contributed by atoms with E-state index in [1.165, 1.54) is 12.3 Å². The molecule has 6 nitrogen and oxygen atoms in total. The molecule has 2 aromatic heterocycles. The van der Waals surface area contributed by atoms with E-state index in [2.05, 4.69) is 15.3 Å². The Morgan fingerprint density at radius 2 is 2.39 bits per heavy atom. The van der Waals surface area contributed by atoms with Crippen LogP contribution in [0.3, 0.4) is 0 Å². The van der Waals surface area contributed by atoms with Crippen LogP contribution in [0.4, 0.5) is 5.82 Å². The van der Waals surface area contributed by atoms with Gasteiger partial charge in [-0.3, -0.25) is 0 Å². The van der Waals surface area contributed by atoms with Crippen LogP contribution >= 0.6 is 11.6 Å². The largest absolute Gasteiger partial charge is 0.478 e. The Balaban J connectivity index is 1.95. The molecule has 0 amide bonds. The minimum atomic E-state index is -1.05. The minimum absolute atomic E-state index is 0.0696. The molecule has 7 heteroatoms. The van der Waals surface area contributed by atoms with Crippen LogP contribution in [0, 0.1) is 0 Å². The summed E-state index contributed by atoms with van der Waals surface area (Å²) in [5, 5.41) is 12.1. The first-order chi connectivity index (χ1) is 8.66. The van der Waals surface area contributed by atoms with Crippen LogP contribution in [-0.2, 0) is 6.54 Å². The number of hydrogen-bond donors (Lipinski definition) is 2. The summed E-state index contributed by atoms with van der Waals surface area (Å²) in [4.78, 5) is 18.6. The van der Waals surface area contributed by atoms with E-state index >= 15 is 0 Å². The van der Waals surface area contributed by atoms with Crippen molar-refractivity contribution in [2.24, 2.45) is 0 Å². The first-order valence-electron chi connectivity index (χ1n) is 5.25. The van der Waals surface area contributed by atoms with Gasteiger partial charge in [-0.25, -0.2) is 14.8 Å². The summed E-state index contributed by atoms with van der Waals surface area (Å²) in [5.41, 5.74) is 0.0696. The molecule has 0 aromatic carbocycles. The van der Waals surface area contributed by atoms with Crippen LogP contribution in [0.1, 0.15) is 10.4 Å². The molecule has 0 atom stereocenters. The molecule has 0 saturated carbocycles. The predicted octanol–water partition coefficient (Wildman–Crippen LogP) is 1.74. The van der Waals surface area contributed by atoms with Gasteiger partial charge >= 0.3 is 5.97 Å². The Bertz CT molecular complexity index is 542. The molecular weight excluding hydrogens is 256 g/mol. The Morgan fingerprint density at radius 1 is 1.56 bits per heavy atom. The standard InChI is InChI=1S/C11H11ClN4O2/c12-9-5-8(11(17)18)6-15-10(9)14-2-4-16-3-1-13-7-16/h1,3,5-7H,2,4H2,(H,14,15)(H,17,18). The van der Waals surface area contributed by atoms with Gasteiger partial charge in [0.05, 0.1) is 16.9 Å². The highest BCUT2D eigenvalue weighted by atomic mass is 35.5. The first kappa shape index (κ1) is 12.4. The second-order valence-electron chi connectivity index (χ2n) is 3.59.